The maximum atomic E-state index is 12.3. The Morgan fingerprint density at radius 2 is 1.96 bits per heavy atom. The molecule has 1 fully saturated rings. The van der Waals surface area contributed by atoms with Crippen LogP contribution in [-0.2, 0) is 4.79 Å². The molecule has 0 bridgehead atoms. The van der Waals surface area contributed by atoms with Gasteiger partial charge in [0.2, 0.25) is 5.91 Å². The van der Waals surface area contributed by atoms with E-state index in [1.54, 1.807) is 0 Å². The highest BCUT2D eigenvalue weighted by atomic mass is 16.2. The third-order valence-corrected chi connectivity index (χ3v) is 4.95. The van der Waals surface area contributed by atoms with Crippen LogP contribution in [0.2, 0.25) is 0 Å². The summed E-state index contributed by atoms with van der Waals surface area (Å²) in [7, 11) is 0. The van der Waals surface area contributed by atoms with E-state index >= 15 is 0 Å². The first-order valence-corrected chi connectivity index (χ1v) is 8.85. The molecule has 132 valence electrons. The quantitative estimate of drug-likeness (QED) is 0.876. The molecule has 1 aliphatic rings. The van der Waals surface area contributed by atoms with E-state index in [2.05, 4.69) is 12.2 Å². The molecular formula is C20H25N3O2. The number of rotatable bonds is 5. The Morgan fingerprint density at radius 3 is 2.68 bits per heavy atom. The molecule has 3 N–H and O–H groups in total. The second-order valence-electron chi connectivity index (χ2n) is 6.80. The Balaban J connectivity index is 1.52. The lowest BCUT2D eigenvalue weighted by Gasteiger charge is -2.21. The lowest BCUT2D eigenvalue weighted by atomic mass is 10.1. The van der Waals surface area contributed by atoms with E-state index in [1.165, 1.54) is 0 Å². The number of carbonyl (C=O) groups is 2. The van der Waals surface area contributed by atoms with Gasteiger partial charge >= 0.3 is 0 Å². The lowest BCUT2D eigenvalue weighted by molar-refractivity contribution is -0.131. The van der Waals surface area contributed by atoms with Gasteiger partial charge in [-0.2, -0.15) is 0 Å². The number of hydrogen-bond donors (Lipinski definition) is 2. The number of benzene rings is 2. The Bertz CT molecular complexity index is 774. The van der Waals surface area contributed by atoms with Crippen molar-refractivity contribution in [2.45, 2.75) is 25.8 Å². The van der Waals surface area contributed by atoms with E-state index in [0.29, 0.717) is 31.0 Å². The molecular weight excluding hydrogens is 314 g/mol. The predicted octanol–water partition coefficient (Wildman–Crippen LogP) is 2.16. The van der Waals surface area contributed by atoms with Gasteiger partial charge in [-0.15, -0.1) is 0 Å². The molecule has 0 aliphatic carbocycles. The molecule has 0 spiro atoms. The van der Waals surface area contributed by atoms with Crippen LogP contribution in [0.4, 0.5) is 0 Å². The number of hydrogen-bond acceptors (Lipinski definition) is 3. The van der Waals surface area contributed by atoms with Crippen LogP contribution >= 0.6 is 0 Å². The topological polar surface area (TPSA) is 75.4 Å². The first kappa shape index (κ1) is 17.4. The van der Waals surface area contributed by atoms with Crippen molar-refractivity contribution in [1.29, 1.82) is 0 Å². The number of nitrogens with two attached hydrogens (primary N) is 1. The van der Waals surface area contributed by atoms with Gasteiger partial charge in [-0.3, -0.25) is 9.59 Å². The van der Waals surface area contributed by atoms with Crippen molar-refractivity contribution in [3.8, 4) is 0 Å². The predicted molar refractivity (Wildman–Crippen MR) is 99.2 cm³/mol. The Labute approximate surface area is 148 Å². The highest BCUT2D eigenvalue weighted by Gasteiger charge is 2.31. The van der Waals surface area contributed by atoms with E-state index in [-0.39, 0.29) is 17.9 Å². The van der Waals surface area contributed by atoms with E-state index in [9.17, 15) is 9.59 Å². The van der Waals surface area contributed by atoms with Gasteiger partial charge in [-0.1, -0.05) is 30.3 Å². The summed E-state index contributed by atoms with van der Waals surface area (Å²) >= 11 is 0. The van der Waals surface area contributed by atoms with E-state index < -0.39 is 0 Å². The van der Waals surface area contributed by atoms with Crippen molar-refractivity contribution in [2.24, 2.45) is 11.7 Å². The Morgan fingerprint density at radius 1 is 1.20 bits per heavy atom. The van der Waals surface area contributed by atoms with Crippen LogP contribution in [0, 0.1) is 5.92 Å². The monoisotopic (exact) mass is 339 g/mol. The van der Waals surface area contributed by atoms with Crippen LogP contribution in [0.3, 0.4) is 0 Å². The van der Waals surface area contributed by atoms with Crippen LogP contribution in [0.15, 0.2) is 42.5 Å². The van der Waals surface area contributed by atoms with Gasteiger partial charge < -0.3 is 16.0 Å². The fourth-order valence-electron chi connectivity index (χ4n) is 3.52. The van der Waals surface area contributed by atoms with Crippen LogP contribution in [0.1, 0.15) is 30.1 Å². The molecule has 2 amide bonds. The van der Waals surface area contributed by atoms with Crippen molar-refractivity contribution >= 4 is 22.6 Å². The molecule has 2 aromatic rings. The van der Waals surface area contributed by atoms with Crippen molar-refractivity contribution in [3.63, 3.8) is 0 Å². The molecule has 5 nitrogen and oxygen atoms in total. The standard InChI is InChI=1S/C20H25N3O2/c1-14-10-15(12-21)13-23(14)19(24)8-9-22-20(25)18-7-6-16-4-2-3-5-17(16)11-18/h2-7,11,14-15H,8-10,12-13,21H2,1H3,(H,22,25). The number of likely N-dealkylation sites (tertiary alicyclic amines) is 1. The summed E-state index contributed by atoms with van der Waals surface area (Å²) in [5, 5.41) is 4.98. The van der Waals surface area contributed by atoms with Gasteiger partial charge in [0, 0.05) is 31.1 Å². The molecule has 0 aromatic heterocycles. The molecule has 2 unspecified atom stereocenters. The summed E-state index contributed by atoms with van der Waals surface area (Å²) < 4.78 is 0. The van der Waals surface area contributed by atoms with Crippen LogP contribution in [-0.4, -0.2) is 42.4 Å². The van der Waals surface area contributed by atoms with Crippen LogP contribution < -0.4 is 11.1 Å². The largest absolute Gasteiger partial charge is 0.352 e. The van der Waals surface area contributed by atoms with E-state index in [0.717, 1.165) is 23.7 Å². The smallest absolute Gasteiger partial charge is 0.251 e. The summed E-state index contributed by atoms with van der Waals surface area (Å²) in [4.78, 5) is 26.5. The minimum absolute atomic E-state index is 0.0854. The zero-order valence-electron chi connectivity index (χ0n) is 14.6. The average molecular weight is 339 g/mol. The highest BCUT2D eigenvalue weighted by Crippen LogP contribution is 2.22. The number of fused-ring (bicyclic) bond motifs is 1. The van der Waals surface area contributed by atoms with Crippen LogP contribution in [0.25, 0.3) is 10.8 Å². The highest BCUT2D eigenvalue weighted by molar-refractivity contribution is 5.98. The molecule has 0 radical (unpaired) electrons. The summed E-state index contributed by atoms with van der Waals surface area (Å²) in [6.07, 6.45) is 1.28. The minimum atomic E-state index is -0.146. The maximum absolute atomic E-state index is 12.3. The summed E-state index contributed by atoms with van der Waals surface area (Å²) in [6.45, 7) is 3.75. The normalized spacial score (nSPS) is 20.0. The van der Waals surface area contributed by atoms with E-state index in [1.807, 2.05) is 47.4 Å². The van der Waals surface area contributed by atoms with Crippen molar-refractivity contribution in [2.75, 3.05) is 19.6 Å². The second-order valence-corrected chi connectivity index (χ2v) is 6.80. The zero-order chi connectivity index (χ0) is 17.8. The number of nitrogens with zero attached hydrogens (tertiary/aromatic N) is 1. The van der Waals surface area contributed by atoms with Crippen LogP contribution in [0.5, 0.6) is 0 Å². The lowest BCUT2D eigenvalue weighted by Crippen LogP contribution is -2.37. The average Bonchev–Trinajstić information content (AvgIpc) is 3.02. The third-order valence-electron chi connectivity index (χ3n) is 4.95. The molecule has 1 saturated heterocycles. The fourth-order valence-corrected chi connectivity index (χ4v) is 3.52. The molecule has 2 aromatic carbocycles. The molecule has 1 aliphatic heterocycles. The molecule has 3 rings (SSSR count). The Kier molecular flexibility index (Phi) is 5.34. The number of carbonyl (C=O) groups excluding carboxylic acids is 2. The number of nitrogens with one attached hydrogen (secondary N) is 1. The molecule has 2 atom stereocenters. The van der Waals surface area contributed by atoms with Crippen molar-refractivity contribution in [3.05, 3.63) is 48.0 Å². The third kappa shape index (κ3) is 3.99. The minimum Gasteiger partial charge on any atom is -0.352 e. The SMILES string of the molecule is CC1CC(CN)CN1C(=O)CCNC(=O)c1ccc2ccccc2c1. The summed E-state index contributed by atoms with van der Waals surface area (Å²) in [6, 6.07) is 13.8. The molecule has 5 heteroatoms. The number of amides is 2. The molecule has 25 heavy (non-hydrogen) atoms. The van der Waals surface area contributed by atoms with Gasteiger partial charge in [-0.25, -0.2) is 0 Å². The zero-order valence-corrected chi connectivity index (χ0v) is 14.6. The van der Waals surface area contributed by atoms with Gasteiger partial charge in [0.15, 0.2) is 0 Å². The van der Waals surface area contributed by atoms with Gasteiger partial charge in [-0.05, 0) is 48.7 Å². The first-order valence-electron chi connectivity index (χ1n) is 8.85. The van der Waals surface area contributed by atoms with Gasteiger partial charge in [0.25, 0.3) is 5.91 Å². The van der Waals surface area contributed by atoms with E-state index in [4.69, 9.17) is 5.73 Å². The second kappa shape index (κ2) is 7.66. The Hall–Kier alpha value is -2.40. The van der Waals surface area contributed by atoms with Gasteiger partial charge in [0.1, 0.15) is 0 Å². The fraction of sp³-hybridized carbons (Fsp3) is 0.400. The molecule has 1 heterocycles. The van der Waals surface area contributed by atoms with Crippen molar-refractivity contribution < 1.29 is 9.59 Å². The molecule has 0 saturated carbocycles. The van der Waals surface area contributed by atoms with Gasteiger partial charge in [0.05, 0.1) is 0 Å². The van der Waals surface area contributed by atoms with Crippen molar-refractivity contribution in [1.82, 2.24) is 10.2 Å². The maximum Gasteiger partial charge on any atom is 0.251 e. The first-order chi connectivity index (χ1) is 12.1. The summed E-state index contributed by atoms with van der Waals surface area (Å²) in [5.74, 6) is 0.335. The summed E-state index contributed by atoms with van der Waals surface area (Å²) in [5.41, 5.74) is 6.32.